The molecule has 2 rings (SSSR count). The number of hydrogen-bond donors (Lipinski definition) is 2. The van der Waals surface area contributed by atoms with Gasteiger partial charge in [0.15, 0.2) is 5.43 Å². The van der Waals surface area contributed by atoms with E-state index in [1.165, 1.54) is 12.3 Å². The molecule has 0 spiro atoms. The molecule has 1 aromatic rings. The molecule has 0 aromatic carbocycles. The van der Waals surface area contributed by atoms with Crippen LogP contribution in [0.15, 0.2) is 17.1 Å². The molecule has 0 radical (unpaired) electrons. The molecule has 1 aliphatic rings. The fourth-order valence-electron chi connectivity index (χ4n) is 2.37. The number of piperidine rings is 1. The van der Waals surface area contributed by atoms with Gasteiger partial charge in [-0.3, -0.25) is 9.59 Å². The Labute approximate surface area is 117 Å². The van der Waals surface area contributed by atoms with Crippen LogP contribution in [0, 0.1) is 6.92 Å². The summed E-state index contributed by atoms with van der Waals surface area (Å²) in [5.74, 6) is -0.205. The number of aromatic amines is 1. The maximum atomic E-state index is 12.3. The first-order valence-corrected chi connectivity index (χ1v) is 6.92. The van der Waals surface area contributed by atoms with Crippen LogP contribution in [-0.4, -0.2) is 48.1 Å². The number of carbonyl (C=O) groups is 1. The molecule has 6 heteroatoms. The summed E-state index contributed by atoms with van der Waals surface area (Å²) in [6, 6.07) is 1.45. The quantitative estimate of drug-likeness (QED) is 0.827. The van der Waals surface area contributed by atoms with Crippen LogP contribution in [0.25, 0.3) is 0 Å². The smallest absolute Gasteiger partial charge is 0.259 e. The SMILES string of the molecule is Cc1cc(=O)c(C(=O)N2CCC(OCCN)CC2)c[nH]1. The van der Waals surface area contributed by atoms with E-state index in [9.17, 15) is 9.59 Å². The second kappa shape index (κ2) is 6.67. The lowest BCUT2D eigenvalue weighted by atomic mass is 10.1. The monoisotopic (exact) mass is 279 g/mol. The third-order valence-electron chi connectivity index (χ3n) is 3.49. The number of amides is 1. The Bertz CT molecular complexity index is 519. The number of ether oxygens (including phenoxy) is 1. The van der Waals surface area contributed by atoms with Gasteiger partial charge in [-0.15, -0.1) is 0 Å². The van der Waals surface area contributed by atoms with E-state index in [1.807, 2.05) is 0 Å². The number of aromatic nitrogens is 1. The van der Waals surface area contributed by atoms with Gasteiger partial charge < -0.3 is 20.4 Å². The minimum Gasteiger partial charge on any atom is -0.377 e. The lowest BCUT2D eigenvalue weighted by Gasteiger charge is -2.31. The molecule has 110 valence electrons. The zero-order chi connectivity index (χ0) is 14.5. The minimum absolute atomic E-state index is 0.166. The van der Waals surface area contributed by atoms with Crippen molar-refractivity contribution in [3.8, 4) is 0 Å². The van der Waals surface area contributed by atoms with Gasteiger partial charge in [-0.1, -0.05) is 0 Å². The number of hydrogen-bond acceptors (Lipinski definition) is 4. The van der Waals surface area contributed by atoms with Crippen molar-refractivity contribution in [2.24, 2.45) is 5.73 Å². The average Bonchev–Trinajstić information content (AvgIpc) is 2.45. The molecule has 20 heavy (non-hydrogen) atoms. The van der Waals surface area contributed by atoms with Crippen molar-refractivity contribution in [3.05, 3.63) is 33.7 Å². The summed E-state index contributed by atoms with van der Waals surface area (Å²) in [6.45, 7) is 4.08. The number of aryl methyl sites for hydroxylation is 1. The molecule has 2 heterocycles. The van der Waals surface area contributed by atoms with Gasteiger partial charge in [-0.05, 0) is 19.8 Å². The minimum atomic E-state index is -0.229. The highest BCUT2D eigenvalue weighted by atomic mass is 16.5. The Morgan fingerprint density at radius 3 is 2.80 bits per heavy atom. The lowest BCUT2D eigenvalue weighted by molar-refractivity contribution is 0.0121. The zero-order valence-electron chi connectivity index (χ0n) is 11.7. The summed E-state index contributed by atoms with van der Waals surface area (Å²) in [6.07, 6.45) is 3.24. The van der Waals surface area contributed by atoms with Gasteiger partial charge in [-0.25, -0.2) is 0 Å². The van der Waals surface area contributed by atoms with Crippen LogP contribution in [0.1, 0.15) is 28.9 Å². The lowest BCUT2D eigenvalue weighted by Crippen LogP contribution is -2.42. The van der Waals surface area contributed by atoms with Crippen molar-refractivity contribution in [2.45, 2.75) is 25.9 Å². The maximum absolute atomic E-state index is 12.3. The predicted molar refractivity (Wildman–Crippen MR) is 75.7 cm³/mol. The summed E-state index contributed by atoms with van der Waals surface area (Å²) < 4.78 is 5.57. The first-order chi connectivity index (χ1) is 9.61. The Hall–Kier alpha value is -1.66. The maximum Gasteiger partial charge on any atom is 0.259 e. The number of nitrogens with two attached hydrogens (primary N) is 1. The molecule has 6 nitrogen and oxygen atoms in total. The van der Waals surface area contributed by atoms with Crippen LogP contribution < -0.4 is 11.2 Å². The summed E-state index contributed by atoms with van der Waals surface area (Å²) in [5, 5.41) is 0. The molecule has 0 aliphatic carbocycles. The highest BCUT2D eigenvalue weighted by Gasteiger charge is 2.25. The molecule has 1 amide bonds. The molecule has 0 unspecified atom stereocenters. The van der Waals surface area contributed by atoms with Crippen molar-refractivity contribution in [1.82, 2.24) is 9.88 Å². The van der Waals surface area contributed by atoms with Gasteiger partial charge in [0.05, 0.1) is 12.7 Å². The summed E-state index contributed by atoms with van der Waals surface area (Å²) in [4.78, 5) is 28.7. The van der Waals surface area contributed by atoms with Gasteiger partial charge in [-0.2, -0.15) is 0 Å². The van der Waals surface area contributed by atoms with Crippen LogP contribution >= 0.6 is 0 Å². The Morgan fingerprint density at radius 1 is 1.50 bits per heavy atom. The predicted octanol–water partition coefficient (Wildman–Crippen LogP) is 0.263. The Balaban J connectivity index is 1.96. The van der Waals surface area contributed by atoms with Crippen LogP contribution in [0.4, 0.5) is 0 Å². The topological polar surface area (TPSA) is 88.4 Å². The molecular weight excluding hydrogens is 258 g/mol. The third kappa shape index (κ3) is 3.46. The molecule has 0 saturated carbocycles. The Morgan fingerprint density at radius 2 is 2.20 bits per heavy atom. The molecule has 1 aromatic heterocycles. The number of nitrogens with one attached hydrogen (secondary N) is 1. The summed E-state index contributed by atoms with van der Waals surface area (Å²) >= 11 is 0. The highest BCUT2D eigenvalue weighted by Crippen LogP contribution is 2.15. The molecule has 1 fully saturated rings. The van der Waals surface area contributed by atoms with Gasteiger partial charge >= 0.3 is 0 Å². The van der Waals surface area contributed by atoms with Crippen molar-refractivity contribution in [3.63, 3.8) is 0 Å². The normalized spacial score (nSPS) is 16.4. The fraction of sp³-hybridized carbons (Fsp3) is 0.571. The molecule has 0 bridgehead atoms. The van der Waals surface area contributed by atoms with Crippen molar-refractivity contribution in [2.75, 3.05) is 26.2 Å². The average molecular weight is 279 g/mol. The standard InChI is InChI=1S/C14H21N3O3/c1-10-8-13(18)12(9-16-10)14(19)17-5-2-11(3-6-17)20-7-4-15/h8-9,11H,2-7,15H2,1H3,(H,16,18). The van der Waals surface area contributed by atoms with E-state index in [1.54, 1.807) is 11.8 Å². The summed E-state index contributed by atoms with van der Waals surface area (Å²) in [7, 11) is 0. The van der Waals surface area contributed by atoms with E-state index in [2.05, 4.69) is 4.98 Å². The number of likely N-dealkylation sites (tertiary alicyclic amines) is 1. The van der Waals surface area contributed by atoms with E-state index >= 15 is 0 Å². The number of rotatable bonds is 4. The third-order valence-corrected chi connectivity index (χ3v) is 3.49. The number of nitrogens with zero attached hydrogens (tertiary/aromatic N) is 1. The van der Waals surface area contributed by atoms with E-state index < -0.39 is 0 Å². The fourth-order valence-corrected chi connectivity index (χ4v) is 2.37. The van der Waals surface area contributed by atoms with Crippen LogP contribution in [0.2, 0.25) is 0 Å². The number of pyridine rings is 1. The molecule has 0 atom stereocenters. The largest absolute Gasteiger partial charge is 0.377 e. The molecular formula is C14H21N3O3. The molecule has 1 saturated heterocycles. The van der Waals surface area contributed by atoms with E-state index in [-0.39, 0.29) is 23.0 Å². The first-order valence-electron chi connectivity index (χ1n) is 6.92. The van der Waals surface area contributed by atoms with E-state index in [4.69, 9.17) is 10.5 Å². The van der Waals surface area contributed by atoms with E-state index in [0.29, 0.717) is 26.2 Å². The molecule has 1 aliphatic heterocycles. The van der Waals surface area contributed by atoms with E-state index in [0.717, 1.165) is 18.5 Å². The van der Waals surface area contributed by atoms with Gasteiger partial charge in [0.1, 0.15) is 5.56 Å². The van der Waals surface area contributed by atoms with Crippen molar-refractivity contribution >= 4 is 5.91 Å². The number of carbonyl (C=O) groups excluding carboxylic acids is 1. The van der Waals surface area contributed by atoms with Crippen LogP contribution in [-0.2, 0) is 4.74 Å². The van der Waals surface area contributed by atoms with Gasteiger partial charge in [0.2, 0.25) is 0 Å². The Kier molecular flexibility index (Phi) is 4.92. The summed E-state index contributed by atoms with van der Waals surface area (Å²) in [5.41, 5.74) is 6.13. The number of H-pyrrole nitrogens is 1. The zero-order valence-corrected chi connectivity index (χ0v) is 11.7. The van der Waals surface area contributed by atoms with Crippen LogP contribution in [0.5, 0.6) is 0 Å². The van der Waals surface area contributed by atoms with Crippen LogP contribution in [0.3, 0.4) is 0 Å². The first kappa shape index (κ1) is 14.7. The molecule has 3 N–H and O–H groups in total. The van der Waals surface area contributed by atoms with Crippen molar-refractivity contribution in [1.29, 1.82) is 0 Å². The van der Waals surface area contributed by atoms with Crippen molar-refractivity contribution < 1.29 is 9.53 Å². The highest BCUT2D eigenvalue weighted by molar-refractivity contribution is 5.93. The second-order valence-corrected chi connectivity index (χ2v) is 5.04. The van der Waals surface area contributed by atoms with Gasteiger partial charge in [0.25, 0.3) is 5.91 Å². The second-order valence-electron chi connectivity index (χ2n) is 5.04. The van der Waals surface area contributed by atoms with Gasteiger partial charge in [0, 0.05) is 37.6 Å².